The first-order chi connectivity index (χ1) is 14.1. The Bertz CT molecular complexity index is 999. The molecule has 2 N–H and O–H groups in total. The predicted octanol–water partition coefficient (Wildman–Crippen LogP) is 5.60. The van der Waals surface area contributed by atoms with Gasteiger partial charge in [-0.3, -0.25) is 4.79 Å². The van der Waals surface area contributed by atoms with Crippen LogP contribution < -0.4 is 15.5 Å². The monoisotopic (exact) mass is 471 g/mol. The van der Waals surface area contributed by atoms with Crippen molar-refractivity contribution < 1.29 is 4.79 Å². The first kappa shape index (κ1) is 19.8. The molecule has 2 aromatic heterocycles. The van der Waals surface area contributed by atoms with Crippen LogP contribution in [0.2, 0.25) is 0 Å². The van der Waals surface area contributed by atoms with Gasteiger partial charge in [-0.15, -0.1) is 11.3 Å². The van der Waals surface area contributed by atoms with E-state index in [0.29, 0.717) is 10.8 Å². The molecule has 0 radical (unpaired) electrons. The Hall–Kier alpha value is -2.45. The van der Waals surface area contributed by atoms with Gasteiger partial charge < -0.3 is 15.5 Å². The minimum atomic E-state index is -0.116. The molecule has 1 saturated heterocycles. The number of piperidine rings is 1. The van der Waals surface area contributed by atoms with Crippen molar-refractivity contribution in [3.05, 3.63) is 56.8 Å². The maximum atomic E-state index is 12.3. The summed E-state index contributed by atoms with van der Waals surface area (Å²) < 4.78 is 0.911. The molecule has 0 saturated carbocycles. The Kier molecular flexibility index (Phi) is 6.10. The van der Waals surface area contributed by atoms with E-state index in [2.05, 4.69) is 36.4 Å². The fourth-order valence-corrected chi connectivity index (χ4v) is 4.61. The van der Waals surface area contributed by atoms with E-state index in [4.69, 9.17) is 4.98 Å². The van der Waals surface area contributed by atoms with E-state index in [1.807, 2.05) is 48.7 Å². The summed E-state index contributed by atoms with van der Waals surface area (Å²) in [4.78, 5) is 24.5. The van der Waals surface area contributed by atoms with Gasteiger partial charge in [-0.05, 0) is 72.4 Å². The third kappa shape index (κ3) is 5.13. The van der Waals surface area contributed by atoms with Crippen LogP contribution in [-0.2, 0) is 0 Å². The van der Waals surface area contributed by atoms with Gasteiger partial charge in [-0.25, -0.2) is 4.98 Å². The van der Waals surface area contributed by atoms with Gasteiger partial charge in [0.05, 0.1) is 4.88 Å². The molecular weight excluding hydrogens is 450 g/mol. The maximum absolute atomic E-state index is 12.3. The second-order valence-electron chi connectivity index (χ2n) is 7.02. The number of aromatic nitrogens is 2. The Morgan fingerprint density at radius 1 is 1.07 bits per heavy atom. The normalized spacial score (nSPS) is 13.9. The highest BCUT2D eigenvalue weighted by molar-refractivity contribution is 9.10. The van der Waals surface area contributed by atoms with Crippen molar-refractivity contribution in [1.82, 2.24) is 9.97 Å². The molecule has 0 aliphatic carbocycles. The van der Waals surface area contributed by atoms with Crippen molar-refractivity contribution in [2.75, 3.05) is 28.6 Å². The minimum absolute atomic E-state index is 0.116. The highest BCUT2D eigenvalue weighted by atomic mass is 79.9. The van der Waals surface area contributed by atoms with E-state index < -0.39 is 0 Å². The summed E-state index contributed by atoms with van der Waals surface area (Å²) in [6.45, 7) is 4.08. The maximum Gasteiger partial charge on any atom is 0.265 e. The van der Waals surface area contributed by atoms with Gasteiger partial charge in [0.25, 0.3) is 5.91 Å². The van der Waals surface area contributed by atoms with Crippen LogP contribution in [0.5, 0.6) is 0 Å². The van der Waals surface area contributed by atoms with Crippen LogP contribution >= 0.6 is 27.3 Å². The zero-order valence-corrected chi connectivity index (χ0v) is 18.5. The second-order valence-corrected chi connectivity index (χ2v) is 8.85. The number of nitrogens with zero attached hydrogens (tertiary/aromatic N) is 3. The molecule has 1 fully saturated rings. The van der Waals surface area contributed by atoms with Crippen molar-refractivity contribution in [3.63, 3.8) is 0 Å². The molecule has 8 heteroatoms. The molecule has 150 valence electrons. The predicted molar refractivity (Wildman–Crippen MR) is 123 cm³/mol. The van der Waals surface area contributed by atoms with Crippen molar-refractivity contribution in [2.24, 2.45) is 0 Å². The quantitative estimate of drug-likeness (QED) is 0.506. The van der Waals surface area contributed by atoms with Crippen LogP contribution in [0.3, 0.4) is 0 Å². The first-order valence-corrected chi connectivity index (χ1v) is 11.3. The molecule has 1 amide bonds. The molecule has 1 aliphatic heterocycles. The summed E-state index contributed by atoms with van der Waals surface area (Å²) in [6.07, 6.45) is 3.71. The Morgan fingerprint density at radius 3 is 2.48 bits per heavy atom. The summed E-state index contributed by atoms with van der Waals surface area (Å²) in [5.41, 5.74) is 2.55. The highest BCUT2D eigenvalue weighted by Crippen LogP contribution is 2.24. The number of nitrogens with one attached hydrogen (secondary N) is 2. The first-order valence-electron chi connectivity index (χ1n) is 9.60. The number of hydrogen-bond acceptors (Lipinski definition) is 6. The van der Waals surface area contributed by atoms with Gasteiger partial charge in [0.15, 0.2) is 0 Å². The van der Waals surface area contributed by atoms with E-state index in [1.165, 1.54) is 30.6 Å². The summed E-state index contributed by atoms with van der Waals surface area (Å²) in [5.74, 6) is 1.45. The molecule has 1 aliphatic rings. The van der Waals surface area contributed by atoms with Crippen molar-refractivity contribution in [3.8, 4) is 0 Å². The summed E-state index contributed by atoms with van der Waals surface area (Å²) in [5, 5.41) is 8.07. The van der Waals surface area contributed by atoms with E-state index in [1.54, 1.807) is 0 Å². The Balaban J connectivity index is 1.43. The zero-order chi connectivity index (χ0) is 20.2. The lowest BCUT2D eigenvalue weighted by molar-refractivity contribution is 0.103. The Morgan fingerprint density at radius 2 is 1.79 bits per heavy atom. The molecule has 0 unspecified atom stereocenters. The average Bonchev–Trinajstić information content (AvgIpc) is 3.16. The molecule has 4 rings (SSSR count). The lowest BCUT2D eigenvalue weighted by Crippen LogP contribution is -2.30. The number of carbonyl (C=O) groups is 1. The van der Waals surface area contributed by atoms with E-state index in [0.717, 1.165) is 40.4 Å². The van der Waals surface area contributed by atoms with Crippen LogP contribution in [0, 0.1) is 6.92 Å². The lowest BCUT2D eigenvalue weighted by Gasteiger charge is -2.28. The molecule has 0 spiro atoms. The van der Waals surface area contributed by atoms with Gasteiger partial charge in [-0.2, -0.15) is 4.98 Å². The summed E-state index contributed by atoms with van der Waals surface area (Å²) >= 11 is 4.77. The number of hydrogen-bond donors (Lipinski definition) is 2. The second kappa shape index (κ2) is 8.92. The Labute approximate surface area is 182 Å². The van der Waals surface area contributed by atoms with Gasteiger partial charge in [0, 0.05) is 46.1 Å². The topological polar surface area (TPSA) is 70.2 Å². The SMILES string of the molecule is Cc1cc(N2CCCCC2)nc(Nc2ccc(NC(=O)c3cc(Br)cs3)cc2)n1. The summed E-state index contributed by atoms with van der Waals surface area (Å²) in [6, 6.07) is 11.4. The fraction of sp³-hybridized carbons (Fsp3) is 0.286. The van der Waals surface area contributed by atoms with E-state index in [-0.39, 0.29) is 5.91 Å². The van der Waals surface area contributed by atoms with Gasteiger partial charge in [-0.1, -0.05) is 0 Å². The number of aryl methyl sites for hydroxylation is 1. The molecule has 0 bridgehead atoms. The average molecular weight is 472 g/mol. The number of carbonyl (C=O) groups excluding carboxylic acids is 1. The smallest absolute Gasteiger partial charge is 0.265 e. The molecular formula is C21H22BrN5OS. The summed E-state index contributed by atoms with van der Waals surface area (Å²) in [7, 11) is 0. The number of halogens is 1. The molecule has 0 atom stereocenters. The number of rotatable bonds is 5. The molecule has 3 aromatic rings. The standard InChI is InChI=1S/C21H22BrN5OS/c1-14-11-19(27-9-3-2-4-10-27)26-21(23-14)25-17-7-5-16(6-8-17)24-20(28)18-12-15(22)13-29-18/h5-8,11-13H,2-4,9-10H2,1H3,(H,24,28)(H,23,25,26). The molecule has 1 aromatic carbocycles. The zero-order valence-electron chi connectivity index (χ0n) is 16.1. The highest BCUT2D eigenvalue weighted by Gasteiger charge is 2.14. The largest absolute Gasteiger partial charge is 0.356 e. The van der Waals surface area contributed by atoms with Crippen LogP contribution in [0.4, 0.5) is 23.1 Å². The number of anilines is 4. The van der Waals surface area contributed by atoms with Gasteiger partial charge in [0.2, 0.25) is 5.95 Å². The molecule has 3 heterocycles. The minimum Gasteiger partial charge on any atom is -0.356 e. The van der Waals surface area contributed by atoms with Crippen LogP contribution in [-0.4, -0.2) is 29.0 Å². The van der Waals surface area contributed by atoms with Crippen LogP contribution in [0.15, 0.2) is 46.3 Å². The lowest BCUT2D eigenvalue weighted by atomic mass is 10.1. The van der Waals surface area contributed by atoms with Crippen LogP contribution in [0.25, 0.3) is 0 Å². The van der Waals surface area contributed by atoms with Gasteiger partial charge in [0.1, 0.15) is 5.82 Å². The number of thiophene rings is 1. The van der Waals surface area contributed by atoms with Crippen molar-refractivity contribution >= 4 is 56.3 Å². The van der Waals surface area contributed by atoms with E-state index in [9.17, 15) is 4.79 Å². The fourth-order valence-electron chi connectivity index (χ4n) is 3.28. The third-order valence-electron chi connectivity index (χ3n) is 4.71. The van der Waals surface area contributed by atoms with Crippen LogP contribution in [0.1, 0.15) is 34.6 Å². The number of benzene rings is 1. The molecule has 29 heavy (non-hydrogen) atoms. The van der Waals surface area contributed by atoms with Gasteiger partial charge >= 0.3 is 0 Å². The molecule has 6 nitrogen and oxygen atoms in total. The van der Waals surface area contributed by atoms with Crippen molar-refractivity contribution in [2.45, 2.75) is 26.2 Å². The third-order valence-corrected chi connectivity index (χ3v) is 6.40. The van der Waals surface area contributed by atoms with E-state index >= 15 is 0 Å². The number of amides is 1. The van der Waals surface area contributed by atoms with Crippen molar-refractivity contribution in [1.29, 1.82) is 0 Å².